The van der Waals surface area contributed by atoms with Crippen LogP contribution in [0.15, 0.2) is 12.1 Å². The second kappa shape index (κ2) is 5.91. The van der Waals surface area contributed by atoms with Crippen LogP contribution in [-0.4, -0.2) is 18.7 Å². The Morgan fingerprint density at radius 3 is 2.33 bits per heavy atom. The molecule has 1 heterocycles. The van der Waals surface area contributed by atoms with Gasteiger partial charge in [0.25, 0.3) is 0 Å². The summed E-state index contributed by atoms with van der Waals surface area (Å²) in [7, 11) is 0. The lowest BCUT2D eigenvalue weighted by Gasteiger charge is -2.34. The fourth-order valence-electron chi connectivity index (χ4n) is 2.09. The predicted molar refractivity (Wildman–Crippen MR) is 64.3 cm³/mol. The minimum absolute atomic E-state index is 0. The molecule has 6 heteroatoms. The summed E-state index contributed by atoms with van der Waals surface area (Å²) in [4.78, 5) is 0. The first-order valence-corrected chi connectivity index (χ1v) is 5.51. The van der Waals surface area contributed by atoms with E-state index in [1.54, 1.807) is 0 Å². The van der Waals surface area contributed by atoms with E-state index in [-0.39, 0.29) is 30.1 Å². The van der Waals surface area contributed by atoms with Crippen LogP contribution in [0.1, 0.15) is 25.5 Å². The van der Waals surface area contributed by atoms with Crippen molar-refractivity contribution in [1.29, 1.82) is 0 Å². The molecular weight excluding hydrogens is 267 g/mol. The first kappa shape index (κ1) is 15.3. The van der Waals surface area contributed by atoms with E-state index in [2.05, 4.69) is 5.32 Å². The molecule has 1 aliphatic rings. The summed E-state index contributed by atoms with van der Waals surface area (Å²) in [5, 5.41) is 3.18. The summed E-state index contributed by atoms with van der Waals surface area (Å²) < 4.78 is 45.0. The number of benzene rings is 1. The lowest BCUT2D eigenvalue weighted by molar-refractivity contribution is -0.0227. The predicted octanol–water partition coefficient (Wildman–Crippen LogP) is 2.96. The van der Waals surface area contributed by atoms with Gasteiger partial charge in [0, 0.05) is 23.7 Å². The van der Waals surface area contributed by atoms with Gasteiger partial charge in [-0.3, -0.25) is 0 Å². The van der Waals surface area contributed by atoms with Gasteiger partial charge in [-0.2, -0.15) is 0 Å². The molecule has 2 rings (SSSR count). The van der Waals surface area contributed by atoms with Crippen molar-refractivity contribution in [3.8, 4) is 0 Å². The van der Waals surface area contributed by atoms with Gasteiger partial charge in [0.15, 0.2) is 11.6 Å². The Morgan fingerprint density at radius 1 is 1.11 bits per heavy atom. The molecule has 1 N–H and O–H groups in total. The Labute approximate surface area is 110 Å². The third-order valence-corrected chi connectivity index (χ3v) is 2.87. The lowest BCUT2D eigenvalue weighted by Crippen LogP contribution is -2.47. The summed E-state index contributed by atoms with van der Waals surface area (Å²) in [5.74, 6) is -3.02. The van der Waals surface area contributed by atoms with Gasteiger partial charge in [-0.1, -0.05) is 0 Å². The Bertz CT molecular complexity index is 430. The fraction of sp³-hybridized carbons (Fsp3) is 0.500. The SMILES string of the molecule is C[C@H]1CO[C@H](c2cc(F)c(F)cc2F)[C@@H](C)N1.Cl. The summed E-state index contributed by atoms with van der Waals surface area (Å²) in [6, 6.07) is 1.43. The fourth-order valence-corrected chi connectivity index (χ4v) is 2.09. The van der Waals surface area contributed by atoms with Crippen LogP contribution in [0.5, 0.6) is 0 Å². The van der Waals surface area contributed by atoms with Crippen LogP contribution in [-0.2, 0) is 4.74 Å². The Balaban J connectivity index is 0.00000162. The van der Waals surface area contributed by atoms with Crippen LogP contribution in [0.3, 0.4) is 0 Å². The molecular formula is C12H15ClF3NO. The van der Waals surface area contributed by atoms with Crippen LogP contribution in [0.25, 0.3) is 0 Å². The zero-order chi connectivity index (χ0) is 12.6. The molecule has 0 aliphatic carbocycles. The highest BCUT2D eigenvalue weighted by atomic mass is 35.5. The molecule has 1 saturated heterocycles. The second-order valence-electron chi connectivity index (χ2n) is 4.40. The van der Waals surface area contributed by atoms with Gasteiger partial charge in [0.2, 0.25) is 0 Å². The Kier molecular flexibility index (Phi) is 5.01. The lowest BCUT2D eigenvalue weighted by atomic mass is 10.00. The zero-order valence-electron chi connectivity index (χ0n) is 10.0. The maximum absolute atomic E-state index is 13.6. The Hall–Kier alpha value is -0.780. The average molecular weight is 282 g/mol. The van der Waals surface area contributed by atoms with Gasteiger partial charge < -0.3 is 10.1 Å². The van der Waals surface area contributed by atoms with Crippen molar-refractivity contribution in [2.24, 2.45) is 0 Å². The van der Waals surface area contributed by atoms with Crippen molar-refractivity contribution in [2.45, 2.75) is 32.0 Å². The standard InChI is InChI=1S/C12H14F3NO.ClH/c1-6-5-17-12(7(2)16-6)8-3-10(14)11(15)4-9(8)13;/h3-4,6-7,12,16H,5H2,1-2H3;1H/t6-,7+,12-;/m0./s1. The third-order valence-electron chi connectivity index (χ3n) is 2.87. The van der Waals surface area contributed by atoms with Crippen LogP contribution in [0.4, 0.5) is 13.2 Å². The molecule has 2 nitrogen and oxygen atoms in total. The zero-order valence-corrected chi connectivity index (χ0v) is 10.9. The summed E-state index contributed by atoms with van der Waals surface area (Å²) in [6.07, 6.45) is -0.596. The van der Waals surface area contributed by atoms with Crippen molar-refractivity contribution >= 4 is 12.4 Å². The molecule has 1 aliphatic heterocycles. The van der Waals surface area contributed by atoms with E-state index in [4.69, 9.17) is 4.74 Å². The molecule has 0 unspecified atom stereocenters. The van der Waals surface area contributed by atoms with E-state index < -0.39 is 23.6 Å². The highest BCUT2D eigenvalue weighted by molar-refractivity contribution is 5.85. The minimum Gasteiger partial charge on any atom is -0.370 e. The number of ether oxygens (including phenoxy) is 1. The second-order valence-corrected chi connectivity index (χ2v) is 4.40. The van der Waals surface area contributed by atoms with E-state index in [0.717, 1.165) is 6.07 Å². The molecule has 1 aromatic rings. The average Bonchev–Trinajstić information content (AvgIpc) is 2.24. The van der Waals surface area contributed by atoms with E-state index in [9.17, 15) is 13.2 Å². The van der Waals surface area contributed by atoms with Crippen LogP contribution in [0.2, 0.25) is 0 Å². The number of hydrogen-bond donors (Lipinski definition) is 1. The number of hydrogen-bond acceptors (Lipinski definition) is 2. The van der Waals surface area contributed by atoms with E-state index in [1.165, 1.54) is 0 Å². The van der Waals surface area contributed by atoms with Gasteiger partial charge in [-0.15, -0.1) is 12.4 Å². The largest absolute Gasteiger partial charge is 0.370 e. The minimum atomic E-state index is -1.18. The van der Waals surface area contributed by atoms with Crippen molar-refractivity contribution in [3.63, 3.8) is 0 Å². The molecule has 0 amide bonds. The van der Waals surface area contributed by atoms with Gasteiger partial charge in [-0.05, 0) is 19.9 Å². The molecule has 0 aromatic heterocycles. The molecule has 0 spiro atoms. The normalized spacial score (nSPS) is 27.7. The molecule has 3 atom stereocenters. The first-order chi connectivity index (χ1) is 7.99. The molecule has 0 saturated carbocycles. The van der Waals surface area contributed by atoms with E-state index in [1.807, 2.05) is 13.8 Å². The molecule has 1 fully saturated rings. The summed E-state index contributed by atoms with van der Waals surface area (Å²) >= 11 is 0. The highest BCUT2D eigenvalue weighted by Crippen LogP contribution is 2.28. The molecule has 0 radical (unpaired) electrons. The number of halogens is 4. The highest BCUT2D eigenvalue weighted by Gasteiger charge is 2.29. The summed E-state index contributed by atoms with van der Waals surface area (Å²) in [5.41, 5.74) is 0.0517. The maximum Gasteiger partial charge on any atom is 0.161 e. The smallest absolute Gasteiger partial charge is 0.161 e. The maximum atomic E-state index is 13.6. The van der Waals surface area contributed by atoms with Gasteiger partial charge in [0.1, 0.15) is 11.9 Å². The van der Waals surface area contributed by atoms with Crippen molar-refractivity contribution in [3.05, 3.63) is 35.1 Å². The quantitative estimate of drug-likeness (QED) is 0.799. The number of nitrogens with one attached hydrogen (secondary N) is 1. The molecule has 102 valence electrons. The van der Waals surface area contributed by atoms with Crippen molar-refractivity contribution in [1.82, 2.24) is 5.32 Å². The Morgan fingerprint density at radius 2 is 1.72 bits per heavy atom. The topological polar surface area (TPSA) is 21.3 Å². The van der Waals surface area contributed by atoms with Crippen LogP contribution >= 0.6 is 12.4 Å². The number of morpholine rings is 1. The van der Waals surface area contributed by atoms with Gasteiger partial charge in [-0.25, -0.2) is 13.2 Å². The van der Waals surface area contributed by atoms with Crippen molar-refractivity contribution in [2.75, 3.05) is 6.61 Å². The third kappa shape index (κ3) is 2.96. The van der Waals surface area contributed by atoms with Crippen LogP contribution < -0.4 is 5.32 Å². The molecule has 18 heavy (non-hydrogen) atoms. The molecule has 0 bridgehead atoms. The van der Waals surface area contributed by atoms with E-state index in [0.29, 0.717) is 12.7 Å². The number of rotatable bonds is 1. The van der Waals surface area contributed by atoms with Crippen LogP contribution in [0, 0.1) is 17.5 Å². The van der Waals surface area contributed by atoms with Gasteiger partial charge in [0.05, 0.1) is 6.61 Å². The first-order valence-electron chi connectivity index (χ1n) is 5.51. The molecule has 1 aromatic carbocycles. The monoisotopic (exact) mass is 281 g/mol. The van der Waals surface area contributed by atoms with Gasteiger partial charge >= 0.3 is 0 Å². The van der Waals surface area contributed by atoms with E-state index >= 15 is 0 Å². The van der Waals surface area contributed by atoms with Crippen molar-refractivity contribution < 1.29 is 17.9 Å². The summed E-state index contributed by atoms with van der Waals surface area (Å²) in [6.45, 7) is 4.17.